The van der Waals surface area contributed by atoms with Crippen LogP contribution in [0.25, 0.3) is 0 Å². The predicted octanol–water partition coefficient (Wildman–Crippen LogP) is 3.65. The molecule has 1 saturated carbocycles. The van der Waals surface area contributed by atoms with E-state index in [1.807, 2.05) is 0 Å². The minimum atomic E-state index is -0.984. The fourth-order valence-corrected chi connectivity index (χ4v) is 5.13. The number of nitriles is 1. The molecule has 1 fully saturated rings. The van der Waals surface area contributed by atoms with E-state index in [0.717, 1.165) is 32.1 Å². The van der Waals surface area contributed by atoms with E-state index >= 15 is 0 Å². The van der Waals surface area contributed by atoms with Gasteiger partial charge in [-0.3, -0.25) is 9.69 Å². The number of carbonyl (C=O) groups is 3. The molecule has 9 nitrogen and oxygen atoms in total. The zero-order chi connectivity index (χ0) is 27.2. The van der Waals surface area contributed by atoms with Crippen LogP contribution in [0.15, 0.2) is 77.3 Å². The zero-order valence-electron chi connectivity index (χ0n) is 21.4. The van der Waals surface area contributed by atoms with Crippen molar-refractivity contribution in [3.63, 3.8) is 0 Å². The molecule has 2 aromatic rings. The number of methoxy groups -OCH3 is 2. The highest BCUT2D eigenvalue weighted by molar-refractivity contribution is 6.08. The molecule has 1 amide bonds. The second-order valence-electron chi connectivity index (χ2n) is 9.16. The first-order valence-electron chi connectivity index (χ1n) is 12.5. The molecular weight excluding hydrogens is 484 g/mol. The summed E-state index contributed by atoms with van der Waals surface area (Å²) in [5, 5.41) is 13.3. The minimum absolute atomic E-state index is 0.0340. The SMILES string of the molecule is COC(=O)C1=C(C(=O)OC)N(c2ccccc2C(=O)NC2CCCCC2)C(N)=C(C#N)C1c1ccccc1. The number of amides is 1. The van der Waals surface area contributed by atoms with Crippen LogP contribution in [0, 0.1) is 11.3 Å². The van der Waals surface area contributed by atoms with Crippen LogP contribution in [0.2, 0.25) is 0 Å². The number of esters is 2. The standard InChI is InChI=1S/C29H30N4O5/c1-37-28(35)24-23(18-11-5-3-6-12-18)21(17-30)26(31)33(25(24)29(36)38-2)22-16-10-9-15-20(22)27(34)32-19-13-7-4-8-14-19/h3,5-6,9-12,15-16,19,23H,4,7-8,13-14,31H2,1-2H3,(H,32,34). The summed E-state index contributed by atoms with van der Waals surface area (Å²) < 4.78 is 10.2. The smallest absolute Gasteiger partial charge is 0.355 e. The van der Waals surface area contributed by atoms with Crippen LogP contribution in [0.4, 0.5) is 5.69 Å². The van der Waals surface area contributed by atoms with Crippen LogP contribution >= 0.6 is 0 Å². The van der Waals surface area contributed by atoms with Gasteiger partial charge in [0.25, 0.3) is 5.91 Å². The molecule has 0 bridgehead atoms. The second-order valence-corrected chi connectivity index (χ2v) is 9.16. The van der Waals surface area contributed by atoms with Crippen LogP contribution in [-0.4, -0.2) is 38.1 Å². The summed E-state index contributed by atoms with van der Waals surface area (Å²) in [5.41, 5.74) is 7.33. The van der Waals surface area contributed by atoms with Crippen molar-refractivity contribution < 1.29 is 23.9 Å². The predicted molar refractivity (Wildman–Crippen MR) is 140 cm³/mol. The van der Waals surface area contributed by atoms with Crippen LogP contribution in [0.5, 0.6) is 0 Å². The molecule has 2 aliphatic rings. The molecule has 0 radical (unpaired) electrons. The van der Waals surface area contributed by atoms with Crippen LogP contribution < -0.4 is 16.0 Å². The first-order chi connectivity index (χ1) is 18.4. The molecule has 0 aromatic heterocycles. The van der Waals surface area contributed by atoms with Crippen molar-refractivity contribution >= 4 is 23.5 Å². The molecule has 2 aromatic carbocycles. The van der Waals surface area contributed by atoms with Crippen molar-refractivity contribution in [2.24, 2.45) is 5.73 Å². The van der Waals surface area contributed by atoms with Gasteiger partial charge in [-0.05, 0) is 30.5 Å². The Labute approximate surface area is 221 Å². The van der Waals surface area contributed by atoms with Crippen molar-refractivity contribution in [2.45, 2.75) is 44.1 Å². The van der Waals surface area contributed by atoms with Gasteiger partial charge in [-0.15, -0.1) is 0 Å². The van der Waals surface area contributed by atoms with Gasteiger partial charge in [-0.2, -0.15) is 5.26 Å². The maximum absolute atomic E-state index is 13.5. The van der Waals surface area contributed by atoms with E-state index in [9.17, 15) is 19.6 Å². The fourth-order valence-electron chi connectivity index (χ4n) is 5.13. The van der Waals surface area contributed by atoms with Gasteiger partial charge in [0, 0.05) is 6.04 Å². The average molecular weight is 515 g/mol. The van der Waals surface area contributed by atoms with Gasteiger partial charge >= 0.3 is 11.9 Å². The van der Waals surface area contributed by atoms with Crippen molar-refractivity contribution in [1.29, 1.82) is 5.26 Å². The lowest BCUT2D eigenvalue weighted by Crippen LogP contribution is -2.42. The first kappa shape index (κ1) is 26.5. The van der Waals surface area contributed by atoms with E-state index in [1.165, 1.54) is 19.1 Å². The topological polar surface area (TPSA) is 135 Å². The largest absolute Gasteiger partial charge is 0.466 e. The summed E-state index contributed by atoms with van der Waals surface area (Å²) in [6, 6.07) is 17.5. The van der Waals surface area contributed by atoms with Crippen molar-refractivity contribution in [1.82, 2.24) is 5.32 Å². The van der Waals surface area contributed by atoms with Crippen LogP contribution in [0.3, 0.4) is 0 Å². The normalized spacial score (nSPS) is 18.0. The number of nitrogens with one attached hydrogen (secondary N) is 1. The van der Waals surface area contributed by atoms with Gasteiger partial charge in [0.2, 0.25) is 0 Å². The van der Waals surface area contributed by atoms with Crippen molar-refractivity contribution in [2.75, 3.05) is 19.1 Å². The average Bonchev–Trinajstić information content (AvgIpc) is 2.96. The Morgan fingerprint density at radius 3 is 2.21 bits per heavy atom. The Balaban J connectivity index is 1.94. The van der Waals surface area contributed by atoms with Gasteiger partial charge < -0.3 is 20.5 Å². The number of para-hydroxylation sites is 1. The van der Waals surface area contributed by atoms with Gasteiger partial charge in [0.15, 0.2) is 0 Å². The van der Waals surface area contributed by atoms with Gasteiger partial charge in [0.1, 0.15) is 11.5 Å². The summed E-state index contributed by atoms with van der Waals surface area (Å²) in [4.78, 5) is 41.3. The molecule has 38 heavy (non-hydrogen) atoms. The van der Waals surface area contributed by atoms with Crippen LogP contribution in [-0.2, 0) is 19.1 Å². The zero-order valence-corrected chi connectivity index (χ0v) is 21.4. The molecule has 1 heterocycles. The summed E-state index contributed by atoms with van der Waals surface area (Å²) in [6.07, 6.45) is 4.99. The van der Waals surface area contributed by atoms with E-state index < -0.39 is 17.9 Å². The highest BCUT2D eigenvalue weighted by Gasteiger charge is 2.43. The van der Waals surface area contributed by atoms with Crippen molar-refractivity contribution in [3.05, 3.63) is 88.4 Å². The number of hydrogen-bond acceptors (Lipinski definition) is 8. The lowest BCUT2D eigenvalue weighted by atomic mass is 9.80. The number of rotatable bonds is 6. The van der Waals surface area contributed by atoms with E-state index in [4.69, 9.17) is 15.2 Å². The summed E-state index contributed by atoms with van der Waals surface area (Å²) in [6.45, 7) is 0. The maximum atomic E-state index is 13.5. The van der Waals surface area contributed by atoms with Crippen LogP contribution in [0.1, 0.15) is 53.9 Å². The highest BCUT2D eigenvalue weighted by Crippen LogP contribution is 2.43. The minimum Gasteiger partial charge on any atom is -0.466 e. The van der Waals surface area contributed by atoms with E-state index in [-0.39, 0.29) is 45.9 Å². The third-order valence-electron chi connectivity index (χ3n) is 6.94. The molecular formula is C29H30N4O5. The molecule has 0 spiro atoms. The fraction of sp³-hybridized carbons (Fsp3) is 0.310. The van der Waals surface area contributed by atoms with Crippen molar-refractivity contribution in [3.8, 4) is 6.07 Å². The Morgan fingerprint density at radius 1 is 0.947 bits per heavy atom. The number of nitrogens with zero attached hydrogens (tertiary/aromatic N) is 2. The molecule has 9 heteroatoms. The van der Waals surface area contributed by atoms with Gasteiger partial charge in [-0.25, -0.2) is 9.59 Å². The van der Waals surface area contributed by atoms with Gasteiger partial charge in [0.05, 0.1) is 48.6 Å². The lowest BCUT2D eigenvalue weighted by Gasteiger charge is -2.36. The monoisotopic (exact) mass is 514 g/mol. The molecule has 3 N–H and O–H groups in total. The molecule has 196 valence electrons. The number of hydrogen-bond donors (Lipinski definition) is 2. The summed E-state index contributed by atoms with van der Waals surface area (Å²) >= 11 is 0. The third kappa shape index (κ3) is 4.98. The summed E-state index contributed by atoms with van der Waals surface area (Å²) in [5.74, 6) is -3.11. The molecule has 1 aliphatic carbocycles. The number of anilines is 1. The second kappa shape index (κ2) is 11.6. The third-order valence-corrected chi connectivity index (χ3v) is 6.94. The van der Waals surface area contributed by atoms with E-state index in [0.29, 0.717) is 5.56 Å². The Kier molecular flexibility index (Phi) is 8.12. The Morgan fingerprint density at radius 2 is 1.58 bits per heavy atom. The highest BCUT2D eigenvalue weighted by atomic mass is 16.5. The lowest BCUT2D eigenvalue weighted by molar-refractivity contribution is -0.139. The van der Waals surface area contributed by atoms with E-state index in [1.54, 1.807) is 54.6 Å². The molecule has 0 saturated heterocycles. The number of carbonyl (C=O) groups excluding carboxylic acids is 3. The van der Waals surface area contributed by atoms with E-state index in [2.05, 4.69) is 11.4 Å². The Bertz CT molecular complexity index is 1340. The first-order valence-corrected chi connectivity index (χ1v) is 12.5. The number of benzene rings is 2. The van der Waals surface area contributed by atoms with Gasteiger partial charge in [-0.1, -0.05) is 61.7 Å². The summed E-state index contributed by atoms with van der Waals surface area (Å²) in [7, 11) is 2.37. The molecule has 1 unspecified atom stereocenters. The number of ether oxygens (including phenoxy) is 2. The number of nitrogens with two attached hydrogens (primary N) is 1. The molecule has 1 atom stereocenters. The molecule has 1 aliphatic heterocycles. The quantitative estimate of drug-likeness (QED) is 0.558. The number of allylic oxidation sites excluding steroid dienone is 1. The molecule has 4 rings (SSSR count). The maximum Gasteiger partial charge on any atom is 0.355 e. The Hall–Kier alpha value is -4.58.